The number of aliphatic carboxylic acids is 1. The van der Waals surface area contributed by atoms with Gasteiger partial charge in [-0.05, 0) is 13.3 Å². The van der Waals surface area contributed by atoms with E-state index in [1.807, 2.05) is 0 Å². The molecule has 0 aromatic heterocycles. The van der Waals surface area contributed by atoms with Gasteiger partial charge < -0.3 is 15.3 Å². The van der Waals surface area contributed by atoms with Crippen molar-refractivity contribution in [3.63, 3.8) is 0 Å². The summed E-state index contributed by atoms with van der Waals surface area (Å²) in [6.45, 7) is 1.92. The molecule has 2 amide bonds. The van der Waals surface area contributed by atoms with Gasteiger partial charge in [-0.1, -0.05) is 0 Å². The van der Waals surface area contributed by atoms with Crippen LogP contribution in [0.25, 0.3) is 0 Å². The van der Waals surface area contributed by atoms with E-state index in [-0.39, 0.29) is 25.9 Å². The molecule has 18 heavy (non-hydrogen) atoms. The van der Waals surface area contributed by atoms with Crippen LogP contribution in [0.1, 0.15) is 26.2 Å². The fraction of sp³-hybridized carbons (Fsp3) is 0.800. The number of alkyl halides is 3. The average Bonchev–Trinajstić information content (AvgIpc) is 2.23. The van der Waals surface area contributed by atoms with Crippen molar-refractivity contribution in [1.82, 2.24) is 10.2 Å². The summed E-state index contributed by atoms with van der Waals surface area (Å²) < 4.78 is 35.5. The second kappa shape index (κ2) is 7.78. The van der Waals surface area contributed by atoms with Gasteiger partial charge in [0.2, 0.25) is 0 Å². The van der Waals surface area contributed by atoms with E-state index >= 15 is 0 Å². The highest BCUT2D eigenvalue weighted by Crippen LogP contribution is 2.20. The summed E-state index contributed by atoms with van der Waals surface area (Å²) in [5.41, 5.74) is 0. The van der Waals surface area contributed by atoms with E-state index in [1.54, 1.807) is 6.92 Å². The summed E-state index contributed by atoms with van der Waals surface area (Å²) >= 11 is 0. The second-order valence-corrected chi connectivity index (χ2v) is 3.67. The van der Waals surface area contributed by atoms with E-state index in [9.17, 15) is 22.8 Å². The normalized spacial score (nSPS) is 11.1. The monoisotopic (exact) mass is 270 g/mol. The lowest BCUT2D eigenvalue weighted by Crippen LogP contribution is -2.41. The zero-order valence-corrected chi connectivity index (χ0v) is 10.1. The number of carboxylic acid groups (broad SMARTS) is 1. The maximum Gasteiger partial charge on any atom is 0.389 e. The molecule has 0 aliphatic carbocycles. The summed E-state index contributed by atoms with van der Waals surface area (Å²) in [7, 11) is 0. The Morgan fingerprint density at radius 2 is 1.94 bits per heavy atom. The standard InChI is InChI=1S/C10H17F3N2O3/c1-2-15(7-4-8(16)17)9(18)14-6-3-5-10(11,12)13/h2-7H2,1H3,(H,14,18)(H,16,17). The van der Waals surface area contributed by atoms with Gasteiger partial charge >= 0.3 is 18.2 Å². The van der Waals surface area contributed by atoms with Gasteiger partial charge in [0.05, 0.1) is 6.42 Å². The van der Waals surface area contributed by atoms with Gasteiger partial charge in [0.25, 0.3) is 0 Å². The molecule has 0 radical (unpaired) electrons. The summed E-state index contributed by atoms with van der Waals surface area (Å²) in [5.74, 6) is -1.03. The average molecular weight is 270 g/mol. The maximum absolute atomic E-state index is 11.8. The molecule has 0 bridgehead atoms. The van der Waals surface area contributed by atoms with E-state index < -0.39 is 24.6 Å². The van der Waals surface area contributed by atoms with Crippen molar-refractivity contribution in [2.45, 2.75) is 32.4 Å². The van der Waals surface area contributed by atoms with Gasteiger partial charge in [-0.3, -0.25) is 4.79 Å². The van der Waals surface area contributed by atoms with Gasteiger partial charge in [0.1, 0.15) is 0 Å². The topological polar surface area (TPSA) is 69.6 Å². The fourth-order valence-corrected chi connectivity index (χ4v) is 1.23. The number of carbonyl (C=O) groups is 2. The van der Waals surface area contributed by atoms with Gasteiger partial charge in [0.15, 0.2) is 0 Å². The molecule has 0 atom stereocenters. The van der Waals surface area contributed by atoms with Crippen molar-refractivity contribution in [2.24, 2.45) is 0 Å². The van der Waals surface area contributed by atoms with Crippen LogP contribution < -0.4 is 5.32 Å². The minimum absolute atomic E-state index is 0.0386. The van der Waals surface area contributed by atoms with Crippen molar-refractivity contribution in [3.05, 3.63) is 0 Å². The molecule has 0 aromatic carbocycles. The number of amides is 2. The summed E-state index contributed by atoms with van der Waals surface area (Å²) in [5, 5.41) is 10.8. The van der Waals surface area contributed by atoms with Crippen LogP contribution in [0.4, 0.5) is 18.0 Å². The quantitative estimate of drug-likeness (QED) is 0.693. The predicted octanol–water partition coefficient (Wildman–Crippen LogP) is 1.84. The number of rotatable bonds is 7. The number of halogens is 3. The SMILES string of the molecule is CCN(CCC(=O)O)C(=O)NCCCC(F)(F)F. The molecular formula is C10H17F3N2O3. The first kappa shape index (κ1) is 16.5. The van der Waals surface area contributed by atoms with E-state index in [0.29, 0.717) is 6.54 Å². The van der Waals surface area contributed by atoms with Crippen molar-refractivity contribution < 1.29 is 27.9 Å². The Labute approximate surface area is 103 Å². The highest BCUT2D eigenvalue weighted by Gasteiger charge is 2.26. The van der Waals surface area contributed by atoms with Gasteiger partial charge in [0, 0.05) is 26.1 Å². The summed E-state index contributed by atoms with van der Waals surface area (Å²) in [4.78, 5) is 23.0. The van der Waals surface area contributed by atoms with E-state index in [0.717, 1.165) is 0 Å². The molecule has 0 spiro atoms. The molecule has 0 saturated heterocycles. The van der Waals surface area contributed by atoms with Gasteiger partial charge in [-0.2, -0.15) is 13.2 Å². The Morgan fingerprint density at radius 1 is 1.33 bits per heavy atom. The highest BCUT2D eigenvalue weighted by molar-refractivity contribution is 5.75. The summed E-state index contributed by atoms with van der Waals surface area (Å²) in [6.07, 6.45) is -5.55. The predicted molar refractivity (Wildman–Crippen MR) is 58.2 cm³/mol. The number of nitrogens with one attached hydrogen (secondary N) is 1. The molecule has 0 fully saturated rings. The van der Waals surface area contributed by atoms with Gasteiger partial charge in [-0.25, -0.2) is 4.79 Å². The van der Waals surface area contributed by atoms with Crippen LogP contribution >= 0.6 is 0 Å². The van der Waals surface area contributed by atoms with E-state index in [1.165, 1.54) is 4.90 Å². The molecule has 0 aromatic rings. The van der Waals surface area contributed by atoms with Gasteiger partial charge in [-0.15, -0.1) is 0 Å². The molecule has 2 N–H and O–H groups in total. The maximum atomic E-state index is 11.8. The van der Waals surface area contributed by atoms with Crippen molar-refractivity contribution in [3.8, 4) is 0 Å². The largest absolute Gasteiger partial charge is 0.481 e. The molecule has 0 aliphatic rings. The first-order valence-electron chi connectivity index (χ1n) is 5.57. The number of hydrogen-bond acceptors (Lipinski definition) is 2. The third-order valence-electron chi connectivity index (χ3n) is 2.18. The zero-order chi connectivity index (χ0) is 14.2. The second-order valence-electron chi connectivity index (χ2n) is 3.67. The van der Waals surface area contributed by atoms with Crippen LogP contribution in [-0.4, -0.2) is 47.8 Å². The molecule has 0 aliphatic heterocycles. The Kier molecular flexibility index (Phi) is 7.14. The Balaban J connectivity index is 3.87. The molecule has 0 heterocycles. The number of nitrogens with zero attached hydrogens (tertiary/aromatic N) is 1. The minimum atomic E-state index is -4.22. The lowest BCUT2D eigenvalue weighted by molar-refractivity contribution is -0.137. The zero-order valence-electron chi connectivity index (χ0n) is 10.1. The van der Waals surface area contributed by atoms with Crippen LogP contribution in [0.2, 0.25) is 0 Å². The molecule has 0 rings (SSSR count). The Morgan fingerprint density at radius 3 is 2.39 bits per heavy atom. The van der Waals surface area contributed by atoms with Crippen LogP contribution in [0.15, 0.2) is 0 Å². The fourth-order valence-electron chi connectivity index (χ4n) is 1.23. The van der Waals surface area contributed by atoms with Crippen LogP contribution in [-0.2, 0) is 4.79 Å². The molecule has 0 saturated carbocycles. The Hall–Kier alpha value is -1.47. The Bertz CT molecular complexity index is 282. The first-order valence-corrected chi connectivity index (χ1v) is 5.57. The van der Waals surface area contributed by atoms with Crippen molar-refractivity contribution in [2.75, 3.05) is 19.6 Å². The molecule has 8 heteroatoms. The number of carbonyl (C=O) groups excluding carboxylic acids is 1. The highest BCUT2D eigenvalue weighted by atomic mass is 19.4. The first-order chi connectivity index (χ1) is 8.26. The number of hydrogen-bond donors (Lipinski definition) is 2. The lowest BCUT2D eigenvalue weighted by atomic mass is 10.3. The third-order valence-corrected chi connectivity index (χ3v) is 2.18. The van der Waals surface area contributed by atoms with Crippen LogP contribution in [0, 0.1) is 0 Å². The van der Waals surface area contributed by atoms with Crippen LogP contribution in [0.3, 0.4) is 0 Å². The molecular weight excluding hydrogens is 253 g/mol. The lowest BCUT2D eigenvalue weighted by Gasteiger charge is -2.20. The molecule has 0 unspecified atom stereocenters. The third kappa shape index (κ3) is 8.66. The molecule has 106 valence electrons. The van der Waals surface area contributed by atoms with Crippen molar-refractivity contribution >= 4 is 12.0 Å². The van der Waals surface area contributed by atoms with E-state index in [4.69, 9.17) is 5.11 Å². The van der Waals surface area contributed by atoms with Crippen LogP contribution in [0.5, 0.6) is 0 Å². The molecule has 5 nitrogen and oxygen atoms in total. The number of urea groups is 1. The minimum Gasteiger partial charge on any atom is -0.481 e. The number of carboxylic acids is 1. The van der Waals surface area contributed by atoms with E-state index in [2.05, 4.69) is 5.32 Å². The summed E-state index contributed by atoms with van der Waals surface area (Å²) in [6, 6.07) is -0.541. The smallest absolute Gasteiger partial charge is 0.389 e. The van der Waals surface area contributed by atoms with Crippen molar-refractivity contribution in [1.29, 1.82) is 0 Å².